The number of benzene rings is 3. The molecular weight excluding hydrogens is 478 g/mol. The molecule has 0 amide bonds. The van der Waals surface area contributed by atoms with Gasteiger partial charge in [-0.05, 0) is 61.4 Å². The zero-order valence-electron chi connectivity index (χ0n) is 20.3. The molecule has 0 saturated heterocycles. The van der Waals surface area contributed by atoms with Crippen molar-refractivity contribution in [3.63, 3.8) is 0 Å². The van der Waals surface area contributed by atoms with Crippen LogP contribution in [-0.2, 0) is 16.6 Å². The van der Waals surface area contributed by atoms with Crippen LogP contribution in [0.15, 0.2) is 88.1 Å². The predicted molar refractivity (Wildman–Crippen MR) is 142 cm³/mol. The molecule has 6 nitrogen and oxygen atoms in total. The van der Waals surface area contributed by atoms with Crippen LogP contribution in [0.2, 0.25) is 0 Å². The van der Waals surface area contributed by atoms with Gasteiger partial charge < -0.3 is 9.30 Å². The highest BCUT2D eigenvalue weighted by molar-refractivity contribution is 7.89. The monoisotopic (exact) mass is 507 g/mol. The van der Waals surface area contributed by atoms with Gasteiger partial charge in [0.05, 0.1) is 29.4 Å². The maximum absolute atomic E-state index is 12.5. The number of sulfonamides is 1. The normalized spacial score (nSPS) is 12.3. The summed E-state index contributed by atoms with van der Waals surface area (Å²) in [4.78, 5) is 6.03. The summed E-state index contributed by atoms with van der Waals surface area (Å²) in [6, 6.07) is 23.2. The molecule has 182 valence electrons. The van der Waals surface area contributed by atoms with Crippen LogP contribution in [0.5, 0.6) is 5.75 Å². The molecule has 1 aromatic heterocycles. The van der Waals surface area contributed by atoms with Gasteiger partial charge in [0, 0.05) is 19.5 Å². The van der Waals surface area contributed by atoms with E-state index in [4.69, 9.17) is 9.73 Å². The zero-order valence-corrected chi connectivity index (χ0v) is 21.9. The van der Waals surface area contributed by atoms with Gasteiger partial charge in [0.25, 0.3) is 0 Å². The Balaban J connectivity index is 1.77. The van der Waals surface area contributed by atoms with Gasteiger partial charge in [-0.2, -0.15) is 0 Å². The van der Waals surface area contributed by atoms with Gasteiger partial charge in [0.2, 0.25) is 10.0 Å². The third-order valence-electron chi connectivity index (χ3n) is 5.56. The topological polar surface area (TPSA) is 63.9 Å². The van der Waals surface area contributed by atoms with Crippen molar-refractivity contribution < 1.29 is 13.2 Å². The number of thiazole rings is 1. The fraction of sp³-hybridized carbons (Fsp3) is 0.222. The molecule has 0 saturated carbocycles. The van der Waals surface area contributed by atoms with Gasteiger partial charge in [0.15, 0.2) is 4.80 Å². The van der Waals surface area contributed by atoms with Crippen LogP contribution in [-0.4, -0.2) is 38.0 Å². The Hall–Kier alpha value is -3.20. The molecule has 0 bridgehead atoms. The van der Waals surface area contributed by atoms with E-state index in [0.29, 0.717) is 13.2 Å². The highest BCUT2D eigenvalue weighted by Crippen LogP contribution is 2.25. The van der Waals surface area contributed by atoms with Crippen molar-refractivity contribution in [2.24, 2.45) is 4.99 Å². The molecule has 4 aromatic rings. The first-order chi connectivity index (χ1) is 16.8. The van der Waals surface area contributed by atoms with E-state index in [2.05, 4.69) is 41.1 Å². The van der Waals surface area contributed by atoms with Gasteiger partial charge in [-0.15, -0.1) is 11.3 Å². The molecule has 0 spiro atoms. The Morgan fingerprint density at radius 2 is 1.60 bits per heavy atom. The van der Waals surface area contributed by atoms with Crippen molar-refractivity contribution >= 4 is 27.0 Å². The van der Waals surface area contributed by atoms with Crippen LogP contribution >= 0.6 is 11.3 Å². The summed E-state index contributed by atoms with van der Waals surface area (Å²) >= 11 is 1.56. The van der Waals surface area contributed by atoms with Crippen molar-refractivity contribution in [2.75, 3.05) is 20.7 Å². The molecule has 0 fully saturated rings. The van der Waals surface area contributed by atoms with E-state index in [-0.39, 0.29) is 4.90 Å². The van der Waals surface area contributed by atoms with Gasteiger partial charge in [-0.3, -0.25) is 0 Å². The lowest BCUT2D eigenvalue weighted by molar-refractivity contribution is 0.340. The van der Waals surface area contributed by atoms with E-state index in [0.717, 1.165) is 33.1 Å². The van der Waals surface area contributed by atoms with Crippen LogP contribution in [0.3, 0.4) is 0 Å². The fourth-order valence-electron chi connectivity index (χ4n) is 3.58. The minimum absolute atomic E-state index is 0.269. The van der Waals surface area contributed by atoms with Gasteiger partial charge in [-0.25, -0.2) is 17.7 Å². The van der Waals surface area contributed by atoms with Crippen LogP contribution in [0.4, 0.5) is 5.69 Å². The molecule has 0 atom stereocenters. The van der Waals surface area contributed by atoms with Crippen LogP contribution in [0, 0.1) is 6.92 Å². The first kappa shape index (κ1) is 24.9. The molecule has 0 radical (unpaired) electrons. The van der Waals surface area contributed by atoms with Crippen LogP contribution in [0.25, 0.3) is 11.3 Å². The Morgan fingerprint density at radius 1 is 0.943 bits per heavy atom. The largest absolute Gasteiger partial charge is 0.494 e. The molecule has 1 heterocycles. The lowest BCUT2D eigenvalue weighted by Gasteiger charge is -2.13. The lowest BCUT2D eigenvalue weighted by atomic mass is 10.1. The van der Waals surface area contributed by atoms with Crippen molar-refractivity contribution in [2.45, 2.75) is 25.3 Å². The van der Waals surface area contributed by atoms with Gasteiger partial charge >= 0.3 is 0 Å². The van der Waals surface area contributed by atoms with Crippen molar-refractivity contribution in [3.8, 4) is 17.0 Å². The van der Waals surface area contributed by atoms with E-state index >= 15 is 0 Å². The summed E-state index contributed by atoms with van der Waals surface area (Å²) in [6.07, 6.45) is 0. The molecule has 35 heavy (non-hydrogen) atoms. The first-order valence-corrected chi connectivity index (χ1v) is 13.6. The van der Waals surface area contributed by atoms with Crippen molar-refractivity contribution in [1.29, 1.82) is 0 Å². The van der Waals surface area contributed by atoms with E-state index in [1.807, 2.05) is 43.3 Å². The average molecular weight is 508 g/mol. The molecule has 0 aliphatic rings. The number of hydrogen-bond donors (Lipinski definition) is 0. The standard InChI is InChI=1S/C27H29N3O3S2/c1-5-33-24-14-12-23(13-15-24)28-27-30(18-21-8-6-20(2)7-9-21)26(19-34-27)22-10-16-25(17-11-22)35(31,32)29(3)4/h6-17,19H,5,18H2,1-4H3. The fourth-order valence-corrected chi connectivity index (χ4v) is 5.41. The molecule has 0 aliphatic carbocycles. The molecule has 0 N–H and O–H groups in total. The summed E-state index contributed by atoms with van der Waals surface area (Å²) < 4.78 is 33.9. The minimum Gasteiger partial charge on any atom is -0.494 e. The predicted octanol–water partition coefficient (Wildman–Crippen LogP) is 5.45. The Kier molecular flexibility index (Phi) is 7.54. The SMILES string of the molecule is CCOc1ccc(N=c2scc(-c3ccc(S(=O)(=O)N(C)C)cc3)n2Cc2ccc(C)cc2)cc1. The molecule has 4 rings (SSSR count). The Labute approximate surface area is 210 Å². The van der Waals surface area contributed by atoms with E-state index in [1.54, 1.807) is 23.5 Å². The van der Waals surface area contributed by atoms with Crippen molar-refractivity contribution in [3.05, 3.63) is 94.1 Å². The number of ether oxygens (including phenoxy) is 1. The summed E-state index contributed by atoms with van der Waals surface area (Å²) in [5.41, 5.74) is 5.12. The van der Waals surface area contributed by atoms with E-state index in [9.17, 15) is 8.42 Å². The zero-order chi connectivity index (χ0) is 25.0. The smallest absolute Gasteiger partial charge is 0.242 e. The highest BCUT2D eigenvalue weighted by atomic mass is 32.2. The van der Waals surface area contributed by atoms with Crippen molar-refractivity contribution in [1.82, 2.24) is 8.87 Å². The summed E-state index contributed by atoms with van der Waals surface area (Å²) in [6.45, 7) is 5.30. The summed E-state index contributed by atoms with van der Waals surface area (Å²) in [5.74, 6) is 0.818. The third-order valence-corrected chi connectivity index (χ3v) is 8.25. The summed E-state index contributed by atoms with van der Waals surface area (Å²) in [7, 11) is -0.413. The Bertz CT molecular complexity index is 1450. The number of nitrogens with zero attached hydrogens (tertiary/aromatic N) is 3. The molecular formula is C27H29N3O3S2. The van der Waals surface area contributed by atoms with E-state index < -0.39 is 10.0 Å². The Morgan fingerprint density at radius 3 is 2.20 bits per heavy atom. The first-order valence-electron chi connectivity index (χ1n) is 11.3. The van der Waals surface area contributed by atoms with E-state index in [1.165, 1.54) is 24.0 Å². The second kappa shape index (κ2) is 10.6. The number of aromatic nitrogens is 1. The maximum atomic E-state index is 12.5. The number of aryl methyl sites for hydroxylation is 1. The minimum atomic E-state index is -3.48. The van der Waals surface area contributed by atoms with Gasteiger partial charge in [-0.1, -0.05) is 42.0 Å². The maximum Gasteiger partial charge on any atom is 0.242 e. The second-order valence-corrected chi connectivity index (χ2v) is 11.3. The number of hydrogen-bond acceptors (Lipinski definition) is 5. The molecule has 3 aromatic carbocycles. The molecule has 0 aliphatic heterocycles. The summed E-state index contributed by atoms with van der Waals surface area (Å²) in [5, 5.41) is 2.07. The average Bonchev–Trinajstić information content (AvgIpc) is 3.23. The lowest BCUT2D eigenvalue weighted by Crippen LogP contribution is -2.22. The van der Waals surface area contributed by atoms with Crippen LogP contribution in [0.1, 0.15) is 18.1 Å². The second-order valence-electron chi connectivity index (χ2n) is 8.33. The molecule has 0 unspecified atom stereocenters. The number of rotatable bonds is 8. The molecule has 8 heteroatoms. The third kappa shape index (κ3) is 5.73. The quantitative estimate of drug-likeness (QED) is 0.318. The highest BCUT2D eigenvalue weighted by Gasteiger charge is 2.17. The van der Waals surface area contributed by atoms with Crippen LogP contribution < -0.4 is 9.54 Å². The van der Waals surface area contributed by atoms with Gasteiger partial charge in [0.1, 0.15) is 5.75 Å².